The molecule has 3 nitrogen and oxygen atoms in total. The first kappa shape index (κ1) is 7.31. The van der Waals surface area contributed by atoms with Gasteiger partial charge in [-0.2, -0.15) is 0 Å². The van der Waals surface area contributed by atoms with Gasteiger partial charge in [-0.05, 0) is 11.1 Å². The van der Waals surface area contributed by atoms with Crippen LogP contribution in [0.5, 0.6) is 0 Å². The third-order valence-electron chi connectivity index (χ3n) is 1.64. The third-order valence-corrected chi connectivity index (χ3v) is 1.64. The van der Waals surface area contributed by atoms with E-state index < -0.39 is 24.2 Å². The molecule has 0 saturated carbocycles. The maximum Gasteiger partial charge on any atom is 0.169 e. The Labute approximate surface area is 125 Å². The Morgan fingerprint density at radius 2 is 1.00 bits per heavy atom. The summed E-state index contributed by atoms with van der Waals surface area (Å²) in [5.74, 6) is 0. The molecule has 0 amide bonds. The minimum Gasteiger partial charge on any atom is -1.00 e. The second-order valence-electron chi connectivity index (χ2n) is 2.82. The lowest BCUT2D eigenvalue weighted by atomic mass is 10.1. The van der Waals surface area contributed by atoms with E-state index in [0.29, 0.717) is 0 Å². The zero-order chi connectivity index (χ0) is 16.9. The van der Waals surface area contributed by atoms with Crippen LogP contribution in [0.2, 0.25) is 0 Å². The molecule has 0 radical (unpaired) electrons. The Balaban J connectivity index is 0. The summed E-state index contributed by atoms with van der Waals surface area (Å²) in [5, 5.41) is 0. The standard InChI is InChI=1S/C12H14N2.2ClH.H2O/c1-13-7-3-11(4-8-13)12-5-9-14(2)10-6-12;;;/h3-10H,1-2H3;2*1H;1H2/q+2;;;/p-2/i3D,4D,5D,6D,7D,8D,9D,10D;;;. The molecular weight excluding hydrogens is 259 g/mol. The number of nitrogens with zero attached hydrogens (tertiary/aromatic N) is 2. The van der Waals surface area contributed by atoms with Gasteiger partial charge in [0.2, 0.25) is 0 Å². The number of hydrogen-bond donors (Lipinski definition) is 0. The first-order chi connectivity index (χ1) is 10.1. The number of aromatic nitrogens is 2. The molecule has 0 atom stereocenters. The van der Waals surface area contributed by atoms with E-state index in [1.54, 1.807) is 0 Å². The van der Waals surface area contributed by atoms with E-state index in [2.05, 4.69) is 0 Å². The predicted molar refractivity (Wildman–Crippen MR) is 57.8 cm³/mol. The minimum absolute atomic E-state index is 0. The Morgan fingerprint density at radius 3 is 1.24 bits per heavy atom. The molecule has 0 fully saturated rings. The first-order valence-corrected chi connectivity index (χ1v) is 4.04. The Bertz CT molecular complexity index is 693. The number of pyridine rings is 2. The van der Waals surface area contributed by atoms with Crippen LogP contribution in [0.15, 0.2) is 48.9 Å². The SMILES string of the molecule is O.[2H]c1c(-c2c([2H])c([2H])[n+](C)c([2H])c2[2H])c([2H])c([2H])[n+](C)c1[2H].[Cl-].[Cl-]. The summed E-state index contributed by atoms with van der Waals surface area (Å²) < 4.78 is 65.3. The van der Waals surface area contributed by atoms with E-state index in [4.69, 9.17) is 11.0 Å². The zero-order valence-corrected chi connectivity index (χ0v) is 10.7. The van der Waals surface area contributed by atoms with Crippen molar-refractivity contribution in [3.8, 4) is 11.1 Å². The highest BCUT2D eigenvalue weighted by Gasteiger charge is 2.00. The van der Waals surface area contributed by atoms with Crippen molar-refractivity contribution in [1.82, 2.24) is 0 Å². The van der Waals surface area contributed by atoms with Crippen LogP contribution in [0, 0.1) is 0 Å². The highest BCUT2D eigenvalue weighted by atomic mass is 35.5. The molecule has 0 aliphatic carbocycles. The summed E-state index contributed by atoms with van der Waals surface area (Å²) in [6, 6.07) is -1.62. The van der Waals surface area contributed by atoms with E-state index in [0.717, 1.165) is 9.13 Å². The van der Waals surface area contributed by atoms with Crippen LogP contribution in [0.3, 0.4) is 0 Å². The van der Waals surface area contributed by atoms with Crippen LogP contribution in [0.25, 0.3) is 11.1 Å². The fraction of sp³-hybridized carbons (Fsp3) is 0.167. The molecule has 5 heteroatoms. The molecule has 17 heavy (non-hydrogen) atoms. The molecule has 0 aliphatic heterocycles. The normalized spacial score (nSPS) is 14.9. The van der Waals surface area contributed by atoms with Crippen LogP contribution in [0.4, 0.5) is 0 Å². The monoisotopic (exact) mass is 282 g/mol. The van der Waals surface area contributed by atoms with Gasteiger partial charge in [-0.3, -0.25) is 0 Å². The van der Waals surface area contributed by atoms with Crippen molar-refractivity contribution in [1.29, 1.82) is 0 Å². The van der Waals surface area contributed by atoms with E-state index in [1.807, 2.05) is 0 Å². The first-order valence-electron chi connectivity index (χ1n) is 8.04. The van der Waals surface area contributed by atoms with Crippen molar-refractivity contribution in [2.45, 2.75) is 0 Å². The highest BCUT2D eigenvalue weighted by Crippen LogP contribution is 2.14. The van der Waals surface area contributed by atoms with Gasteiger partial charge >= 0.3 is 0 Å². The lowest BCUT2D eigenvalue weighted by Crippen LogP contribution is -3.00. The van der Waals surface area contributed by atoms with Crippen LogP contribution in [0.1, 0.15) is 11.0 Å². The van der Waals surface area contributed by atoms with Gasteiger partial charge in [-0.1, -0.05) is 0 Å². The van der Waals surface area contributed by atoms with Crippen molar-refractivity contribution in [3.63, 3.8) is 0 Å². The van der Waals surface area contributed by atoms with Crippen LogP contribution >= 0.6 is 0 Å². The quantitative estimate of drug-likeness (QED) is 0.468. The summed E-state index contributed by atoms with van der Waals surface area (Å²) >= 11 is 0. The minimum atomic E-state index is -0.404. The molecule has 2 aromatic rings. The summed E-state index contributed by atoms with van der Waals surface area (Å²) in [5.41, 5.74) is -0.462. The van der Waals surface area contributed by atoms with Crippen molar-refractivity contribution in [2.75, 3.05) is 0 Å². The number of hydrogen-bond acceptors (Lipinski definition) is 0. The van der Waals surface area contributed by atoms with Crippen LogP contribution in [-0.4, -0.2) is 5.48 Å². The zero-order valence-electron chi connectivity index (χ0n) is 17.2. The summed E-state index contributed by atoms with van der Waals surface area (Å²) in [6.45, 7) is 0. The van der Waals surface area contributed by atoms with E-state index in [-0.39, 0.29) is 66.1 Å². The van der Waals surface area contributed by atoms with E-state index >= 15 is 0 Å². The summed E-state index contributed by atoms with van der Waals surface area (Å²) in [4.78, 5) is 0. The van der Waals surface area contributed by atoms with E-state index in [1.165, 1.54) is 14.1 Å². The van der Waals surface area contributed by atoms with Gasteiger partial charge in [0.25, 0.3) is 0 Å². The highest BCUT2D eigenvalue weighted by molar-refractivity contribution is 5.60. The fourth-order valence-electron chi connectivity index (χ4n) is 0.927. The van der Waals surface area contributed by atoms with Gasteiger partial charge < -0.3 is 30.3 Å². The van der Waals surface area contributed by atoms with Gasteiger partial charge in [0.15, 0.2) is 24.7 Å². The van der Waals surface area contributed by atoms with Gasteiger partial charge in [-0.25, -0.2) is 9.13 Å². The molecule has 2 rings (SSSR count). The molecule has 0 spiro atoms. The molecule has 2 N–H and O–H groups in total. The second-order valence-corrected chi connectivity index (χ2v) is 2.82. The number of halogens is 2. The molecule has 2 aromatic heterocycles. The van der Waals surface area contributed by atoms with Gasteiger partial charge in [0, 0.05) is 24.2 Å². The van der Waals surface area contributed by atoms with E-state index in [9.17, 15) is 0 Å². The molecule has 0 bridgehead atoms. The molecule has 0 saturated heterocycles. The van der Waals surface area contributed by atoms with Gasteiger partial charge in [0.1, 0.15) is 19.6 Å². The molecule has 0 aromatic carbocycles. The van der Waals surface area contributed by atoms with Gasteiger partial charge in [0.05, 0.1) is 5.48 Å². The molecule has 0 aliphatic rings. The van der Waals surface area contributed by atoms with Crippen molar-refractivity contribution >= 4 is 0 Å². The number of rotatable bonds is 1. The molecule has 2 heterocycles. The molecule has 0 unspecified atom stereocenters. The van der Waals surface area contributed by atoms with Crippen molar-refractivity contribution in [2.24, 2.45) is 14.1 Å². The maximum atomic E-state index is 7.99. The molecule has 94 valence electrons. The Hall–Kier alpha value is -1.16. The summed E-state index contributed by atoms with van der Waals surface area (Å²) in [6.07, 6.45) is -1.33. The average Bonchev–Trinajstić information content (AvgIpc) is 2.50. The lowest BCUT2D eigenvalue weighted by molar-refractivity contribution is -0.671. The second kappa shape index (κ2) is 8.01. The smallest absolute Gasteiger partial charge is 0.169 e. The molecular formula is C12H16Cl2N2O. The van der Waals surface area contributed by atoms with Gasteiger partial charge in [-0.15, -0.1) is 0 Å². The Morgan fingerprint density at radius 1 is 0.765 bits per heavy atom. The Kier molecular flexibility index (Phi) is 3.45. The average molecular weight is 283 g/mol. The van der Waals surface area contributed by atoms with Crippen molar-refractivity contribution < 1.29 is 50.4 Å². The third kappa shape index (κ3) is 4.69. The summed E-state index contributed by atoms with van der Waals surface area (Å²) in [7, 11) is 2.76. The van der Waals surface area contributed by atoms with Crippen molar-refractivity contribution in [3.05, 3.63) is 48.9 Å². The van der Waals surface area contributed by atoms with Crippen LogP contribution < -0.4 is 33.9 Å². The topological polar surface area (TPSA) is 39.3 Å². The fourth-order valence-corrected chi connectivity index (χ4v) is 0.927. The predicted octanol–water partition coefficient (Wildman–Crippen LogP) is -5.81. The lowest BCUT2D eigenvalue weighted by Gasteiger charge is -1.97. The maximum absolute atomic E-state index is 7.99. The largest absolute Gasteiger partial charge is 1.00 e. The van der Waals surface area contributed by atoms with Crippen LogP contribution in [-0.2, 0) is 14.1 Å².